The third kappa shape index (κ3) is 3.76. The van der Waals surface area contributed by atoms with Crippen LogP contribution in [0.5, 0.6) is 0 Å². The quantitative estimate of drug-likeness (QED) is 0.741. The molecule has 0 bridgehead atoms. The first-order valence-electron chi connectivity index (χ1n) is 10.1. The predicted molar refractivity (Wildman–Crippen MR) is 121 cm³/mol. The maximum absolute atomic E-state index is 12.8. The molecule has 0 saturated heterocycles. The summed E-state index contributed by atoms with van der Waals surface area (Å²) in [5.74, 6) is 0.534. The predicted octanol–water partition coefficient (Wildman–Crippen LogP) is 3.91. The first-order chi connectivity index (χ1) is 14.4. The summed E-state index contributed by atoms with van der Waals surface area (Å²) in [5.41, 5.74) is 2.56. The molecule has 7 nitrogen and oxygen atoms in total. The van der Waals surface area contributed by atoms with Crippen LogP contribution in [-0.4, -0.2) is 36.8 Å². The number of hydrogen-bond acceptors (Lipinski definition) is 7. The van der Waals surface area contributed by atoms with Crippen LogP contribution < -0.4 is 10.2 Å². The van der Waals surface area contributed by atoms with Crippen molar-refractivity contribution >= 4 is 55.0 Å². The molecule has 5 rings (SSSR count). The van der Waals surface area contributed by atoms with E-state index in [1.54, 1.807) is 23.5 Å². The van der Waals surface area contributed by atoms with Gasteiger partial charge in [-0.2, -0.15) is 0 Å². The number of thioether (sulfide) groups is 1. The number of carbonyl (C=O) groups excluding carboxylic acids is 1. The number of sulfonamides is 1. The van der Waals surface area contributed by atoms with E-state index < -0.39 is 10.0 Å². The van der Waals surface area contributed by atoms with Crippen LogP contribution in [0.25, 0.3) is 0 Å². The molecule has 1 amide bonds. The van der Waals surface area contributed by atoms with Crippen molar-refractivity contribution in [2.75, 3.05) is 22.5 Å². The van der Waals surface area contributed by atoms with Gasteiger partial charge in [-0.25, -0.2) is 13.4 Å². The number of nitrogens with zero attached hydrogens (tertiary/aromatic N) is 3. The molecule has 0 saturated carbocycles. The van der Waals surface area contributed by atoms with Gasteiger partial charge in [0.2, 0.25) is 0 Å². The number of carbonyl (C=O) groups is 1. The lowest BCUT2D eigenvalue weighted by Gasteiger charge is -2.22. The topological polar surface area (TPSA) is 91.7 Å². The van der Waals surface area contributed by atoms with Gasteiger partial charge in [0, 0.05) is 21.9 Å². The summed E-state index contributed by atoms with van der Waals surface area (Å²) in [6, 6.07) is 5.43. The summed E-state index contributed by atoms with van der Waals surface area (Å²) in [7, 11) is -3.39. The van der Waals surface area contributed by atoms with Gasteiger partial charge in [-0.05, 0) is 55.1 Å². The molecule has 30 heavy (non-hydrogen) atoms. The van der Waals surface area contributed by atoms with Crippen molar-refractivity contribution in [1.82, 2.24) is 4.98 Å². The molecule has 1 atom stereocenters. The summed E-state index contributed by atoms with van der Waals surface area (Å²) in [4.78, 5) is 21.5. The van der Waals surface area contributed by atoms with E-state index in [1.807, 2.05) is 11.0 Å². The van der Waals surface area contributed by atoms with Crippen LogP contribution in [-0.2, 0) is 22.9 Å². The van der Waals surface area contributed by atoms with E-state index in [0.29, 0.717) is 22.4 Å². The smallest absolute Gasteiger partial charge is 0.257 e. The Labute approximate surface area is 184 Å². The zero-order chi connectivity index (χ0) is 20.9. The molecule has 1 unspecified atom stereocenters. The van der Waals surface area contributed by atoms with E-state index in [-0.39, 0.29) is 11.7 Å². The van der Waals surface area contributed by atoms with Crippen LogP contribution in [0.15, 0.2) is 27.5 Å². The van der Waals surface area contributed by atoms with Crippen molar-refractivity contribution in [3.8, 4) is 0 Å². The number of nitrogens with one attached hydrogen (secondary N) is 1. The van der Waals surface area contributed by atoms with Crippen LogP contribution >= 0.6 is 23.1 Å². The van der Waals surface area contributed by atoms with Crippen molar-refractivity contribution in [2.24, 2.45) is 10.3 Å². The van der Waals surface area contributed by atoms with E-state index >= 15 is 0 Å². The fourth-order valence-electron chi connectivity index (χ4n) is 4.19. The molecule has 0 radical (unpaired) electrons. The molecule has 3 aliphatic rings. The average molecular weight is 463 g/mol. The van der Waals surface area contributed by atoms with Crippen molar-refractivity contribution in [2.45, 2.75) is 43.9 Å². The molecule has 1 N–H and O–H groups in total. The van der Waals surface area contributed by atoms with Crippen LogP contribution in [0.3, 0.4) is 0 Å². The molecule has 1 aromatic carbocycles. The first-order valence-corrected chi connectivity index (χ1v) is 13.4. The van der Waals surface area contributed by atoms with E-state index in [4.69, 9.17) is 0 Å². The number of anilines is 2. The largest absolute Gasteiger partial charge is 0.318 e. The molecular weight excluding hydrogens is 440 g/mol. The van der Waals surface area contributed by atoms with Gasteiger partial charge in [0.15, 0.2) is 10.3 Å². The minimum atomic E-state index is -3.39. The number of hydrogen-bond donors (Lipinski definition) is 1. The Morgan fingerprint density at radius 3 is 3.07 bits per heavy atom. The van der Waals surface area contributed by atoms with Crippen molar-refractivity contribution in [3.05, 3.63) is 34.3 Å². The summed E-state index contributed by atoms with van der Waals surface area (Å²) >= 11 is 2.88. The molecule has 10 heteroatoms. The molecule has 158 valence electrons. The minimum Gasteiger partial charge on any atom is -0.318 e. The van der Waals surface area contributed by atoms with Gasteiger partial charge < -0.3 is 4.90 Å². The monoisotopic (exact) mass is 462 g/mol. The number of rotatable bonds is 4. The number of benzene rings is 1. The van der Waals surface area contributed by atoms with Gasteiger partial charge >= 0.3 is 0 Å². The zero-order valence-electron chi connectivity index (χ0n) is 16.6. The lowest BCUT2D eigenvalue weighted by atomic mass is 9.88. The molecule has 2 aliphatic heterocycles. The SMILES string of the molecule is CCCC1CCc2nc(NC(=O)c3ccc4c(c3)SC3=NS(=O)(=O)CCN34)sc2C1. The Balaban J connectivity index is 1.32. The van der Waals surface area contributed by atoms with Gasteiger partial charge in [0.25, 0.3) is 15.9 Å². The highest BCUT2D eigenvalue weighted by Gasteiger charge is 2.33. The standard InChI is InChI=1S/C20H22N4O3S3/c1-2-3-12-4-6-14-16(10-12)28-19(21-14)22-18(25)13-5-7-15-17(11-13)29-20-23-30(26,27)9-8-24(15)20/h5,7,11-12H,2-4,6,8-10H2,1H3,(H,21,22,25). The molecule has 2 aromatic rings. The van der Waals surface area contributed by atoms with Gasteiger partial charge in [0.1, 0.15) is 0 Å². The van der Waals surface area contributed by atoms with Crippen LogP contribution in [0, 0.1) is 5.92 Å². The van der Waals surface area contributed by atoms with E-state index in [9.17, 15) is 13.2 Å². The zero-order valence-corrected chi connectivity index (χ0v) is 19.0. The molecule has 1 aromatic heterocycles. The highest BCUT2D eigenvalue weighted by atomic mass is 32.2. The molecule has 3 heterocycles. The van der Waals surface area contributed by atoms with Crippen LogP contribution in [0.1, 0.15) is 47.1 Å². The summed E-state index contributed by atoms with van der Waals surface area (Å²) < 4.78 is 27.4. The molecule has 1 aliphatic carbocycles. The number of fused-ring (bicyclic) bond motifs is 4. The van der Waals surface area contributed by atoms with E-state index in [1.165, 1.54) is 35.9 Å². The third-order valence-electron chi connectivity index (χ3n) is 5.69. The first kappa shape index (κ1) is 20.0. The third-order valence-corrected chi connectivity index (χ3v) is 9.04. The number of thiazole rings is 1. The maximum Gasteiger partial charge on any atom is 0.257 e. The average Bonchev–Trinajstić information content (AvgIpc) is 3.25. The van der Waals surface area contributed by atoms with Crippen molar-refractivity contribution in [3.63, 3.8) is 0 Å². The van der Waals surface area contributed by atoms with Crippen molar-refractivity contribution in [1.29, 1.82) is 0 Å². The normalized spacial score (nSPS) is 21.4. The fraction of sp³-hybridized carbons (Fsp3) is 0.450. The summed E-state index contributed by atoms with van der Waals surface area (Å²) in [5, 5.41) is 4.07. The molecule has 0 fully saturated rings. The number of aryl methyl sites for hydroxylation is 1. The maximum atomic E-state index is 12.8. The van der Waals surface area contributed by atoms with Gasteiger partial charge in [-0.15, -0.1) is 15.7 Å². The molecular formula is C20H22N4O3S3. The Bertz CT molecular complexity index is 1160. The second-order valence-electron chi connectivity index (χ2n) is 7.84. The Hall–Kier alpha value is -1.91. The second-order valence-corrected chi connectivity index (χ2v) is 11.7. The minimum absolute atomic E-state index is 0.00651. The lowest BCUT2D eigenvalue weighted by molar-refractivity contribution is 0.102. The van der Waals surface area contributed by atoms with Gasteiger partial charge in [-0.1, -0.05) is 19.8 Å². The van der Waals surface area contributed by atoms with Crippen LogP contribution in [0.4, 0.5) is 10.8 Å². The van der Waals surface area contributed by atoms with E-state index in [2.05, 4.69) is 21.6 Å². The fourth-order valence-corrected chi connectivity index (χ4v) is 7.61. The second kappa shape index (κ2) is 7.65. The highest BCUT2D eigenvalue weighted by Crippen LogP contribution is 2.42. The number of amidine groups is 1. The Kier molecular flexibility index (Phi) is 5.11. The Morgan fingerprint density at radius 2 is 2.23 bits per heavy atom. The number of aromatic nitrogens is 1. The summed E-state index contributed by atoms with van der Waals surface area (Å²) in [6.07, 6.45) is 5.68. The van der Waals surface area contributed by atoms with Gasteiger partial charge in [-0.3, -0.25) is 10.1 Å². The number of amides is 1. The van der Waals surface area contributed by atoms with E-state index in [0.717, 1.165) is 35.0 Å². The lowest BCUT2D eigenvalue weighted by Crippen LogP contribution is -2.35. The highest BCUT2D eigenvalue weighted by molar-refractivity contribution is 8.15. The summed E-state index contributed by atoms with van der Waals surface area (Å²) in [6.45, 7) is 2.61. The molecule has 0 spiro atoms. The Morgan fingerprint density at radius 1 is 1.37 bits per heavy atom. The van der Waals surface area contributed by atoms with Crippen LogP contribution in [0.2, 0.25) is 0 Å². The van der Waals surface area contributed by atoms with Gasteiger partial charge in [0.05, 0.1) is 17.1 Å². The van der Waals surface area contributed by atoms with Crippen molar-refractivity contribution < 1.29 is 13.2 Å².